The molecule has 0 aromatic heterocycles. The molecule has 2 fully saturated rings. The Hall–Kier alpha value is -2.86. The molecule has 1 aliphatic heterocycles. The van der Waals surface area contributed by atoms with Crippen LogP contribution in [0.4, 0.5) is 4.79 Å². The maximum Gasteiger partial charge on any atom is 0.407 e. The van der Waals surface area contributed by atoms with Crippen LogP contribution >= 0.6 is 0 Å². The molecule has 2 aromatic carbocycles. The lowest BCUT2D eigenvalue weighted by molar-refractivity contribution is -0.167. The molecule has 2 aliphatic carbocycles. The van der Waals surface area contributed by atoms with Crippen LogP contribution in [0.1, 0.15) is 36.3 Å². The number of fused-ring (bicyclic) bond motifs is 3. The highest BCUT2D eigenvalue weighted by Crippen LogP contribution is 2.53. The molecule has 1 heterocycles. The molecular weight excluding hydrogens is 382 g/mol. The number of carboxylic acids is 1. The number of ether oxygens (including phenoxy) is 2. The summed E-state index contributed by atoms with van der Waals surface area (Å²) in [5.74, 6) is -1.21. The predicted molar refractivity (Wildman–Crippen MR) is 110 cm³/mol. The summed E-state index contributed by atoms with van der Waals surface area (Å²) in [6, 6.07) is 16.2. The van der Waals surface area contributed by atoms with Gasteiger partial charge < -0.3 is 19.9 Å². The Morgan fingerprint density at radius 1 is 1.03 bits per heavy atom. The molecule has 2 atom stereocenters. The Morgan fingerprint density at radius 3 is 2.23 bits per heavy atom. The second-order valence-electron chi connectivity index (χ2n) is 8.49. The largest absolute Gasteiger partial charge is 0.481 e. The van der Waals surface area contributed by atoms with Crippen LogP contribution in [0.15, 0.2) is 48.5 Å². The average molecular weight is 407 g/mol. The first kappa shape index (κ1) is 19.1. The van der Waals surface area contributed by atoms with Crippen molar-refractivity contribution in [2.24, 2.45) is 11.3 Å². The first-order chi connectivity index (χ1) is 14.6. The third-order valence-electron chi connectivity index (χ3n) is 7.22. The molecule has 3 aliphatic rings. The molecule has 1 amide bonds. The number of rotatable bonds is 4. The van der Waals surface area contributed by atoms with Gasteiger partial charge >= 0.3 is 12.1 Å². The van der Waals surface area contributed by atoms with E-state index in [1.807, 2.05) is 24.3 Å². The zero-order valence-corrected chi connectivity index (χ0v) is 16.7. The van der Waals surface area contributed by atoms with E-state index < -0.39 is 23.4 Å². The third kappa shape index (κ3) is 2.98. The molecule has 1 spiro atoms. The molecule has 5 rings (SSSR count). The zero-order valence-electron chi connectivity index (χ0n) is 16.7. The second-order valence-corrected chi connectivity index (χ2v) is 8.49. The summed E-state index contributed by atoms with van der Waals surface area (Å²) in [7, 11) is 0. The minimum Gasteiger partial charge on any atom is -0.481 e. The van der Waals surface area contributed by atoms with E-state index in [2.05, 4.69) is 29.6 Å². The summed E-state index contributed by atoms with van der Waals surface area (Å²) >= 11 is 0. The van der Waals surface area contributed by atoms with Gasteiger partial charge in [-0.15, -0.1) is 0 Å². The Balaban J connectivity index is 1.27. The normalized spacial score (nSPS) is 23.9. The van der Waals surface area contributed by atoms with Crippen LogP contribution in [-0.4, -0.2) is 43.0 Å². The maximum atomic E-state index is 12.6. The molecule has 2 N–H and O–H groups in total. The number of alkyl carbamates (subject to hydrolysis) is 1. The minimum absolute atomic E-state index is 0.00773. The van der Waals surface area contributed by atoms with Crippen LogP contribution in [0.3, 0.4) is 0 Å². The van der Waals surface area contributed by atoms with E-state index in [1.54, 1.807) is 0 Å². The molecule has 0 radical (unpaired) electrons. The lowest BCUT2D eigenvalue weighted by atomic mass is 9.53. The number of amides is 1. The molecule has 6 heteroatoms. The number of carboxylic acid groups (broad SMARTS) is 1. The number of hydrogen-bond donors (Lipinski definition) is 2. The number of aliphatic carboxylic acids is 1. The summed E-state index contributed by atoms with van der Waals surface area (Å²) in [6.07, 6.45) is 1.27. The highest BCUT2D eigenvalue weighted by molar-refractivity contribution is 5.79. The Bertz CT molecular complexity index is 936. The zero-order chi connectivity index (χ0) is 20.7. The van der Waals surface area contributed by atoms with Crippen molar-refractivity contribution in [3.8, 4) is 11.1 Å². The molecular formula is C24H25NO5. The van der Waals surface area contributed by atoms with Gasteiger partial charge in [0.1, 0.15) is 6.61 Å². The summed E-state index contributed by atoms with van der Waals surface area (Å²) < 4.78 is 11.1. The van der Waals surface area contributed by atoms with Gasteiger partial charge in [-0.3, -0.25) is 4.79 Å². The topological polar surface area (TPSA) is 84.9 Å². The predicted octanol–water partition coefficient (Wildman–Crippen LogP) is 3.80. The number of hydrogen-bond acceptors (Lipinski definition) is 4. The highest BCUT2D eigenvalue weighted by Gasteiger charge is 2.59. The fraction of sp³-hybridized carbons (Fsp3) is 0.417. The van der Waals surface area contributed by atoms with Crippen molar-refractivity contribution in [2.75, 3.05) is 19.8 Å². The fourth-order valence-corrected chi connectivity index (χ4v) is 5.57. The van der Waals surface area contributed by atoms with Crippen molar-refractivity contribution in [1.29, 1.82) is 0 Å². The molecule has 30 heavy (non-hydrogen) atoms. The first-order valence-electron chi connectivity index (χ1n) is 10.5. The fourth-order valence-electron chi connectivity index (χ4n) is 5.57. The molecule has 2 unspecified atom stereocenters. The van der Waals surface area contributed by atoms with Crippen molar-refractivity contribution in [3.05, 3.63) is 59.7 Å². The number of benzene rings is 2. The van der Waals surface area contributed by atoms with E-state index in [0.717, 1.165) is 0 Å². The van der Waals surface area contributed by atoms with Crippen LogP contribution in [0.25, 0.3) is 11.1 Å². The van der Waals surface area contributed by atoms with Gasteiger partial charge in [0, 0.05) is 30.6 Å². The standard InChI is InChI=1S/C24H25NO5/c26-22(27)20-13-21(24(20)9-11-29-12-10-24)25-23(28)30-14-19-17-7-3-1-5-15(17)16-6-2-4-8-18(16)19/h1-8,19-21H,9-14H2,(H,25,28)(H,26,27). The molecule has 156 valence electrons. The summed E-state index contributed by atoms with van der Waals surface area (Å²) in [4.78, 5) is 24.3. The summed E-state index contributed by atoms with van der Waals surface area (Å²) in [5.41, 5.74) is 4.29. The van der Waals surface area contributed by atoms with Crippen LogP contribution in [0.2, 0.25) is 0 Å². The van der Waals surface area contributed by atoms with Crippen molar-refractivity contribution in [3.63, 3.8) is 0 Å². The van der Waals surface area contributed by atoms with E-state index in [-0.39, 0.29) is 18.6 Å². The van der Waals surface area contributed by atoms with Gasteiger partial charge in [0.15, 0.2) is 0 Å². The lowest BCUT2D eigenvalue weighted by Crippen LogP contribution is -2.64. The number of carbonyl (C=O) groups is 2. The van der Waals surface area contributed by atoms with E-state index in [1.165, 1.54) is 22.3 Å². The second kappa shape index (κ2) is 7.43. The molecule has 1 saturated heterocycles. The van der Waals surface area contributed by atoms with Gasteiger partial charge in [-0.1, -0.05) is 48.5 Å². The van der Waals surface area contributed by atoms with E-state index in [0.29, 0.717) is 32.5 Å². The Kier molecular flexibility index (Phi) is 4.74. The van der Waals surface area contributed by atoms with E-state index in [9.17, 15) is 14.7 Å². The highest BCUT2D eigenvalue weighted by atomic mass is 16.5. The van der Waals surface area contributed by atoms with E-state index >= 15 is 0 Å². The number of carbonyl (C=O) groups excluding carboxylic acids is 1. The average Bonchev–Trinajstić information content (AvgIpc) is 3.09. The Morgan fingerprint density at radius 2 is 1.63 bits per heavy atom. The smallest absolute Gasteiger partial charge is 0.407 e. The maximum absolute atomic E-state index is 12.6. The molecule has 1 saturated carbocycles. The molecule has 6 nitrogen and oxygen atoms in total. The summed E-state index contributed by atoms with van der Waals surface area (Å²) in [5, 5.41) is 12.5. The van der Waals surface area contributed by atoms with Gasteiger partial charge in [0.05, 0.1) is 5.92 Å². The SMILES string of the molecule is O=C(NC1CC(C(=O)O)C12CCOCC2)OCC1c2ccccc2-c2ccccc21. The number of nitrogens with one attached hydrogen (secondary N) is 1. The van der Waals surface area contributed by atoms with Crippen molar-refractivity contribution in [2.45, 2.75) is 31.2 Å². The van der Waals surface area contributed by atoms with Crippen molar-refractivity contribution in [1.82, 2.24) is 5.32 Å². The van der Waals surface area contributed by atoms with Crippen LogP contribution in [0, 0.1) is 11.3 Å². The van der Waals surface area contributed by atoms with Gasteiger partial charge in [0.2, 0.25) is 0 Å². The van der Waals surface area contributed by atoms with Gasteiger partial charge in [-0.2, -0.15) is 0 Å². The quantitative estimate of drug-likeness (QED) is 0.805. The summed E-state index contributed by atoms with van der Waals surface area (Å²) in [6.45, 7) is 1.32. The van der Waals surface area contributed by atoms with E-state index in [4.69, 9.17) is 9.47 Å². The van der Waals surface area contributed by atoms with Crippen LogP contribution < -0.4 is 5.32 Å². The molecule has 2 aromatic rings. The monoisotopic (exact) mass is 407 g/mol. The van der Waals surface area contributed by atoms with Crippen molar-refractivity contribution < 1.29 is 24.2 Å². The van der Waals surface area contributed by atoms with Gasteiger partial charge in [-0.05, 0) is 41.5 Å². The van der Waals surface area contributed by atoms with Crippen LogP contribution in [-0.2, 0) is 14.3 Å². The van der Waals surface area contributed by atoms with Crippen molar-refractivity contribution >= 4 is 12.1 Å². The Labute approximate surface area is 175 Å². The first-order valence-corrected chi connectivity index (χ1v) is 10.5. The lowest BCUT2D eigenvalue weighted by Gasteiger charge is -2.55. The minimum atomic E-state index is -0.789. The molecule has 0 bridgehead atoms. The van der Waals surface area contributed by atoms with Crippen LogP contribution in [0.5, 0.6) is 0 Å². The third-order valence-corrected chi connectivity index (χ3v) is 7.22. The van der Waals surface area contributed by atoms with Gasteiger partial charge in [0.25, 0.3) is 0 Å². The van der Waals surface area contributed by atoms with Gasteiger partial charge in [-0.25, -0.2) is 4.79 Å².